The van der Waals surface area contributed by atoms with Gasteiger partial charge in [-0.05, 0) is 18.8 Å². The van der Waals surface area contributed by atoms with Crippen LogP contribution in [0.3, 0.4) is 0 Å². The van der Waals surface area contributed by atoms with Gasteiger partial charge in [-0.3, -0.25) is 0 Å². The summed E-state index contributed by atoms with van der Waals surface area (Å²) in [6.07, 6.45) is 3.17. The second-order valence-electron chi connectivity index (χ2n) is 4.41. The van der Waals surface area contributed by atoms with Crippen LogP contribution in [-0.4, -0.2) is 40.9 Å². The van der Waals surface area contributed by atoms with Crippen molar-refractivity contribution in [3.63, 3.8) is 0 Å². The molecule has 1 aliphatic carbocycles. The fraction of sp³-hybridized carbons (Fsp3) is 0.818. The Labute approximate surface area is 100 Å². The zero-order valence-electron chi connectivity index (χ0n) is 9.98. The highest BCUT2D eigenvalue weighted by Crippen LogP contribution is 2.34. The van der Waals surface area contributed by atoms with Crippen molar-refractivity contribution in [1.29, 1.82) is 0 Å². The number of nitrogens with one attached hydrogen (secondary N) is 2. The Morgan fingerprint density at radius 1 is 1.47 bits per heavy atom. The fourth-order valence-electron chi connectivity index (χ4n) is 1.87. The minimum absolute atomic E-state index is 0.0197. The Balaban J connectivity index is 2.26. The van der Waals surface area contributed by atoms with Crippen LogP contribution in [0.25, 0.3) is 0 Å². The van der Waals surface area contributed by atoms with Crippen LogP contribution in [0.5, 0.6) is 0 Å². The average Bonchev–Trinajstić information content (AvgIpc) is 2.96. The van der Waals surface area contributed by atoms with E-state index in [2.05, 4.69) is 17.6 Å². The maximum absolute atomic E-state index is 11.5. The Hall–Kier alpha value is -1.30. The number of hydrogen-bond acceptors (Lipinski definition) is 3. The molecule has 1 rings (SSSR count). The third kappa shape index (κ3) is 4.60. The molecular weight excluding hydrogens is 224 g/mol. The molecule has 0 radical (unpaired) electrons. The number of urea groups is 1. The molecule has 0 aromatic carbocycles. The normalized spacial score (nSPS) is 23.9. The summed E-state index contributed by atoms with van der Waals surface area (Å²) >= 11 is 0. The molecule has 1 saturated carbocycles. The van der Waals surface area contributed by atoms with Crippen LogP contribution in [0.2, 0.25) is 0 Å². The highest BCUT2D eigenvalue weighted by molar-refractivity contribution is 5.82. The lowest BCUT2D eigenvalue weighted by Gasteiger charge is -2.13. The highest BCUT2D eigenvalue weighted by atomic mass is 16.4. The summed E-state index contributed by atoms with van der Waals surface area (Å²) in [4.78, 5) is 22.2. The number of carboxylic acid groups (broad SMARTS) is 1. The van der Waals surface area contributed by atoms with Crippen LogP contribution >= 0.6 is 0 Å². The van der Waals surface area contributed by atoms with Crippen LogP contribution in [0.4, 0.5) is 4.79 Å². The Kier molecular flexibility index (Phi) is 5.21. The summed E-state index contributed by atoms with van der Waals surface area (Å²) in [5, 5.41) is 22.5. The predicted octanol–water partition coefficient (Wildman–Crippen LogP) is 0.310. The van der Waals surface area contributed by atoms with Crippen LogP contribution in [0.15, 0.2) is 0 Å². The largest absolute Gasteiger partial charge is 0.480 e. The molecule has 1 fully saturated rings. The van der Waals surface area contributed by atoms with Gasteiger partial charge in [0.1, 0.15) is 6.04 Å². The second kappa shape index (κ2) is 6.44. The van der Waals surface area contributed by atoms with E-state index in [1.54, 1.807) is 0 Å². The van der Waals surface area contributed by atoms with E-state index in [0.717, 1.165) is 19.3 Å². The van der Waals surface area contributed by atoms with E-state index in [9.17, 15) is 9.59 Å². The molecule has 6 heteroatoms. The third-order valence-corrected chi connectivity index (χ3v) is 2.92. The fourth-order valence-corrected chi connectivity index (χ4v) is 1.87. The van der Waals surface area contributed by atoms with E-state index in [-0.39, 0.29) is 19.1 Å². The Bertz CT molecular complexity index is 283. The van der Waals surface area contributed by atoms with Gasteiger partial charge >= 0.3 is 12.0 Å². The quantitative estimate of drug-likeness (QED) is 0.518. The van der Waals surface area contributed by atoms with Crippen molar-refractivity contribution in [3.8, 4) is 0 Å². The number of rotatable bonds is 7. The molecule has 0 spiro atoms. The Morgan fingerprint density at radius 3 is 2.71 bits per heavy atom. The minimum Gasteiger partial charge on any atom is -0.480 e. The van der Waals surface area contributed by atoms with E-state index >= 15 is 0 Å². The summed E-state index contributed by atoms with van der Waals surface area (Å²) in [6, 6.07) is -1.31. The van der Waals surface area contributed by atoms with Crippen molar-refractivity contribution >= 4 is 12.0 Å². The van der Waals surface area contributed by atoms with E-state index in [0.29, 0.717) is 5.92 Å². The first-order chi connectivity index (χ1) is 8.08. The number of amides is 2. The molecular formula is C11H20N2O4. The molecule has 0 aromatic heterocycles. The number of carbonyl (C=O) groups is 2. The van der Waals surface area contributed by atoms with Crippen LogP contribution in [-0.2, 0) is 4.79 Å². The van der Waals surface area contributed by atoms with Gasteiger partial charge in [0.15, 0.2) is 0 Å². The minimum atomic E-state index is -1.13. The lowest BCUT2D eigenvalue weighted by Crippen LogP contribution is -2.47. The molecule has 3 unspecified atom stereocenters. The molecule has 0 bridgehead atoms. The topological polar surface area (TPSA) is 98.7 Å². The van der Waals surface area contributed by atoms with Gasteiger partial charge in [0.2, 0.25) is 0 Å². The Morgan fingerprint density at radius 2 is 2.18 bits per heavy atom. The van der Waals surface area contributed by atoms with Crippen molar-refractivity contribution in [2.45, 2.75) is 44.7 Å². The van der Waals surface area contributed by atoms with Gasteiger partial charge < -0.3 is 20.8 Å². The molecule has 1 aliphatic rings. The number of carboxylic acids is 1. The van der Waals surface area contributed by atoms with Gasteiger partial charge in [0, 0.05) is 19.1 Å². The van der Waals surface area contributed by atoms with Crippen molar-refractivity contribution < 1.29 is 19.8 Å². The van der Waals surface area contributed by atoms with Gasteiger partial charge in [-0.25, -0.2) is 9.59 Å². The number of aliphatic carboxylic acids is 1. The van der Waals surface area contributed by atoms with Crippen molar-refractivity contribution in [1.82, 2.24) is 10.6 Å². The van der Waals surface area contributed by atoms with Gasteiger partial charge in [-0.15, -0.1) is 0 Å². The molecule has 0 aromatic rings. The van der Waals surface area contributed by atoms with Gasteiger partial charge in [0.25, 0.3) is 0 Å². The lowest BCUT2D eigenvalue weighted by molar-refractivity contribution is -0.139. The monoisotopic (exact) mass is 244 g/mol. The molecule has 3 atom stereocenters. The molecule has 17 heavy (non-hydrogen) atoms. The molecule has 6 nitrogen and oxygen atoms in total. The highest BCUT2D eigenvalue weighted by Gasteiger charge is 2.37. The van der Waals surface area contributed by atoms with E-state index < -0.39 is 18.0 Å². The summed E-state index contributed by atoms with van der Waals surface area (Å²) in [7, 11) is 0. The maximum atomic E-state index is 11.5. The van der Waals surface area contributed by atoms with Crippen molar-refractivity contribution in [3.05, 3.63) is 0 Å². The van der Waals surface area contributed by atoms with Crippen LogP contribution in [0.1, 0.15) is 32.6 Å². The van der Waals surface area contributed by atoms with Crippen LogP contribution in [0, 0.1) is 5.92 Å². The number of hydrogen-bond donors (Lipinski definition) is 4. The lowest BCUT2D eigenvalue weighted by atomic mass is 10.2. The van der Waals surface area contributed by atoms with Crippen LogP contribution < -0.4 is 10.6 Å². The first-order valence-corrected chi connectivity index (χ1v) is 5.99. The van der Waals surface area contributed by atoms with Crippen molar-refractivity contribution in [2.24, 2.45) is 5.92 Å². The molecule has 0 aliphatic heterocycles. The first kappa shape index (κ1) is 13.8. The molecule has 0 saturated heterocycles. The standard InChI is InChI=1S/C11H20N2O4/c1-2-3-7-6-9(7)13-11(17)12-8(4-5-14)10(15)16/h7-9,14H,2-6H2,1H3,(H,15,16)(H2,12,13,17). The molecule has 2 amide bonds. The third-order valence-electron chi connectivity index (χ3n) is 2.92. The predicted molar refractivity (Wildman–Crippen MR) is 61.6 cm³/mol. The second-order valence-corrected chi connectivity index (χ2v) is 4.41. The summed E-state index contributed by atoms with van der Waals surface area (Å²) in [6.45, 7) is 1.83. The average molecular weight is 244 g/mol. The smallest absolute Gasteiger partial charge is 0.326 e. The van der Waals surface area contributed by atoms with Gasteiger partial charge in [0.05, 0.1) is 0 Å². The van der Waals surface area contributed by atoms with Crippen molar-refractivity contribution in [2.75, 3.05) is 6.61 Å². The van der Waals surface area contributed by atoms with E-state index in [4.69, 9.17) is 10.2 Å². The first-order valence-electron chi connectivity index (χ1n) is 5.99. The molecule has 0 heterocycles. The van der Waals surface area contributed by atoms with E-state index in [1.165, 1.54) is 0 Å². The zero-order valence-corrected chi connectivity index (χ0v) is 9.98. The summed E-state index contributed by atoms with van der Waals surface area (Å²) < 4.78 is 0. The number of carbonyl (C=O) groups excluding carboxylic acids is 1. The summed E-state index contributed by atoms with van der Waals surface area (Å²) in [5.41, 5.74) is 0. The van der Waals surface area contributed by atoms with Gasteiger partial charge in [-0.2, -0.15) is 0 Å². The van der Waals surface area contributed by atoms with E-state index in [1.807, 2.05) is 0 Å². The SMILES string of the molecule is CCCC1CC1NC(=O)NC(CCO)C(=O)O. The zero-order chi connectivity index (χ0) is 12.8. The number of aliphatic hydroxyl groups is 1. The molecule has 4 N–H and O–H groups in total. The number of aliphatic hydroxyl groups excluding tert-OH is 1. The summed E-state index contributed by atoms with van der Waals surface area (Å²) in [5.74, 6) is -0.595. The maximum Gasteiger partial charge on any atom is 0.326 e. The molecule has 98 valence electrons. The van der Waals surface area contributed by atoms with Gasteiger partial charge in [-0.1, -0.05) is 13.3 Å².